The fraction of sp³-hybridized carbons (Fsp3) is 0.818. The number of carbonyl (C=O) groups excluding carboxylic acids is 2. The molecule has 6 heteroatoms. The highest BCUT2D eigenvalue weighted by atomic mass is 32.2. The van der Waals surface area contributed by atoms with Crippen LogP contribution < -0.4 is 10.6 Å². The Balaban J connectivity index is 1.83. The monoisotopic (exact) mass is 260 g/mol. The third-order valence-corrected chi connectivity index (χ3v) is 3.36. The first kappa shape index (κ1) is 14.3. The lowest BCUT2D eigenvalue weighted by molar-refractivity contribution is -0.137. The van der Waals surface area contributed by atoms with E-state index in [0.29, 0.717) is 18.8 Å². The number of rotatable bonds is 9. The van der Waals surface area contributed by atoms with Gasteiger partial charge in [-0.15, -0.1) is 11.8 Å². The maximum absolute atomic E-state index is 11.3. The lowest BCUT2D eigenvalue weighted by atomic mass is 10.4. The molecule has 1 fully saturated rings. The maximum Gasteiger partial charge on any atom is 0.315 e. The summed E-state index contributed by atoms with van der Waals surface area (Å²) >= 11 is 1.46. The molecule has 0 spiro atoms. The second-order valence-corrected chi connectivity index (χ2v) is 5.16. The standard InChI is InChI=1S/C11H20N2O3S/c1-16-11(15)8-17-5-4-13-10(14)7-12-6-9-2-3-9/h9,12H,2-8H2,1H3,(H,13,14). The number of ether oxygens (including phenoxy) is 1. The van der Waals surface area contributed by atoms with Crippen molar-refractivity contribution in [2.45, 2.75) is 12.8 Å². The Kier molecular flexibility index (Phi) is 7.04. The van der Waals surface area contributed by atoms with E-state index in [0.717, 1.165) is 18.2 Å². The molecule has 1 saturated carbocycles. The Labute approximate surface area is 106 Å². The van der Waals surface area contributed by atoms with Crippen LogP contribution >= 0.6 is 11.8 Å². The van der Waals surface area contributed by atoms with Gasteiger partial charge in [-0.05, 0) is 25.3 Å². The summed E-state index contributed by atoms with van der Waals surface area (Å²) in [7, 11) is 1.37. The molecule has 0 saturated heterocycles. The molecule has 5 nitrogen and oxygen atoms in total. The molecule has 0 atom stereocenters. The predicted octanol–water partition coefficient (Wildman–Crippen LogP) is 0.00840. The SMILES string of the molecule is COC(=O)CSCCNC(=O)CNCC1CC1. The van der Waals surface area contributed by atoms with Crippen molar-refractivity contribution in [2.24, 2.45) is 5.92 Å². The highest BCUT2D eigenvalue weighted by molar-refractivity contribution is 7.99. The first-order valence-corrected chi connectivity index (χ1v) is 7.00. The summed E-state index contributed by atoms with van der Waals surface area (Å²) in [6, 6.07) is 0. The maximum atomic E-state index is 11.3. The number of thioether (sulfide) groups is 1. The van der Waals surface area contributed by atoms with Gasteiger partial charge >= 0.3 is 5.97 Å². The fourth-order valence-electron chi connectivity index (χ4n) is 1.25. The van der Waals surface area contributed by atoms with Gasteiger partial charge in [0.15, 0.2) is 0 Å². The van der Waals surface area contributed by atoms with E-state index in [4.69, 9.17) is 0 Å². The first-order chi connectivity index (χ1) is 8.22. The van der Waals surface area contributed by atoms with E-state index in [1.807, 2.05) is 0 Å². The summed E-state index contributed by atoms with van der Waals surface area (Å²) in [6.07, 6.45) is 2.58. The van der Waals surface area contributed by atoms with Crippen molar-refractivity contribution < 1.29 is 14.3 Å². The zero-order valence-electron chi connectivity index (χ0n) is 10.2. The van der Waals surface area contributed by atoms with Gasteiger partial charge in [0.1, 0.15) is 0 Å². The van der Waals surface area contributed by atoms with Crippen molar-refractivity contribution in [2.75, 3.05) is 38.2 Å². The molecule has 1 amide bonds. The van der Waals surface area contributed by atoms with Crippen molar-refractivity contribution in [3.05, 3.63) is 0 Å². The Morgan fingerprint density at radius 2 is 2.18 bits per heavy atom. The molecule has 98 valence electrons. The minimum atomic E-state index is -0.229. The van der Waals surface area contributed by atoms with E-state index >= 15 is 0 Å². The number of carbonyl (C=O) groups is 2. The molecule has 0 aliphatic heterocycles. The molecule has 0 aromatic rings. The quantitative estimate of drug-likeness (QED) is 0.451. The van der Waals surface area contributed by atoms with Crippen LogP contribution in [0.4, 0.5) is 0 Å². The van der Waals surface area contributed by atoms with Gasteiger partial charge < -0.3 is 15.4 Å². The minimum absolute atomic E-state index is 0.0179. The Morgan fingerprint density at radius 3 is 2.82 bits per heavy atom. The van der Waals surface area contributed by atoms with Crippen molar-refractivity contribution in [3.63, 3.8) is 0 Å². The topological polar surface area (TPSA) is 67.4 Å². The highest BCUT2D eigenvalue weighted by Crippen LogP contribution is 2.27. The zero-order valence-corrected chi connectivity index (χ0v) is 11.0. The number of esters is 1. The van der Waals surface area contributed by atoms with Crippen LogP contribution in [0.5, 0.6) is 0 Å². The minimum Gasteiger partial charge on any atom is -0.468 e. The summed E-state index contributed by atoms with van der Waals surface area (Å²) in [5.41, 5.74) is 0. The van der Waals surface area contributed by atoms with Gasteiger partial charge in [0.2, 0.25) is 5.91 Å². The molecule has 1 aliphatic carbocycles. The second-order valence-electron chi connectivity index (χ2n) is 4.05. The van der Waals surface area contributed by atoms with Crippen molar-refractivity contribution in [1.29, 1.82) is 0 Å². The van der Waals surface area contributed by atoms with Crippen LogP contribution in [0, 0.1) is 5.92 Å². The zero-order chi connectivity index (χ0) is 12.5. The van der Waals surface area contributed by atoms with Crippen molar-refractivity contribution in [1.82, 2.24) is 10.6 Å². The van der Waals surface area contributed by atoms with Crippen molar-refractivity contribution >= 4 is 23.6 Å². The van der Waals surface area contributed by atoms with E-state index in [9.17, 15) is 9.59 Å². The number of nitrogens with one attached hydrogen (secondary N) is 2. The third-order valence-electron chi connectivity index (χ3n) is 2.43. The number of hydrogen-bond donors (Lipinski definition) is 2. The van der Waals surface area contributed by atoms with Crippen LogP contribution in [0.15, 0.2) is 0 Å². The molecule has 1 aliphatic rings. The van der Waals surface area contributed by atoms with E-state index < -0.39 is 0 Å². The van der Waals surface area contributed by atoms with Gasteiger partial charge in [-0.1, -0.05) is 0 Å². The van der Waals surface area contributed by atoms with E-state index in [1.165, 1.54) is 31.7 Å². The molecule has 0 aromatic heterocycles. The Hall–Kier alpha value is -0.750. The van der Waals surface area contributed by atoms with E-state index in [2.05, 4.69) is 15.4 Å². The van der Waals surface area contributed by atoms with Crippen LogP contribution in [0.3, 0.4) is 0 Å². The lowest BCUT2D eigenvalue weighted by Crippen LogP contribution is -2.35. The molecule has 0 aromatic carbocycles. The smallest absolute Gasteiger partial charge is 0.315 e. The van der Waals surface area contributed by atoms with Gasteiger partial charge in [0.25, 0.3) is 0 Å². The van der Waals surface area contributed by atoms with Gasteiger partial charge in [-0.3, -0.25) is 9.59 Å². The molecular weight excluding hydrogens is 240 g/mol. The predicted molar refractivity (Wildman–Crippen MR) is 67.9 cm³/mol. The van der Waals surface area contributed by atoms with E-state index in [-0.39, 0.29) is 11.9 Å². The number of amides is 1. The molecule has 17 heavy (non-hydrogen) atoms. The molecule has 0 bridgehead atoms. The summed E-state index contributed by atoms with van der Waals surface area (Å²) in [4.78, 5) is 22.1. The summed E-state index contributed by atoms with van der Waals surface area (Å²) in [5.74, 6) is 1.64. The second kappa shape index (κ2) is 8.36. The summed E-state index contributed by atoms with van der Waals surface area (Å²) < 4.78 is 4.50. The molecule has 1 rings (SSSR count). The number of hydrogen-bond acceptors (Lipinski definition) is 5. The number of methoxy groups -OCH3 is 1. The molecule has 0 radical (unpaired) electrons. The first-order valence-electron chi connectivity index (χ1n) is 5.84. The van der Waals surface area contributed by atoms with Gasteiger partial charge in [-0.2, -0.15) is 0 Å². The van der Waals surface area contributed by atoms with E-state index in [1.54, 1.807) is 0 Å². The van der Waals surface area contributed by atoms with Gasteiger partial charge in [0, 0.05) is 12.3 Å². The molecule has 0 unspecified atom stereocenters. The Bertz CT molecular complexity index is 257. The van der Waals surface area contributed by atoms with Gasteiger partial charge in [0.05, 0.1) is 19.4 Å². The molecule has 0 heterocycles. The van der Waals surface area contributed by atoms with Crippen LogP contribution in [0.25, 0.3) is 0 Å². The summed E-state index contributed by atoms with van der Waals surface area (Å²) in [6.45, 7) is 1.92. The van der Waals surface area contributed by atoms with Crippen molar-refractivity contribution in [3.8, 4) is 0 Å². The Morgan fingerprint density at radius 1 is 1.41 bits per heavy atom. The van der Waals surface area contributed by atoms with Gasteiger partial charge in [-0.25, -0.2) is 0 Å². The highest BCUT2D eigenvalue weighted by Gasteiger charge is 2.20. The average Bonchev–Trinajstić information content (AvgIpc) is 3.12. The average molecular weight is 260 g/mol. The van der Waals surface area contributed by atoms with Crippen LogP contribution in [0.2, 0.25) is 0 Å². The van der Waals surface area contributed by atoms with Crippen LogP contribution in [0.1, 0.15) is 12.8 Å². The molecular formula is C11H20N2O3S. The molecule has 2 N–H and O–H groups in total. The van der Waals surface area contributed by atoms with Crippen LogP contribution in [-0.2, 0) is 14.3 Å². The normalized spacial score (nSPS) is 14.4. The third kappa shape index (κ3) is 8.04. The lowest BCUT2D eigenvalue weighted by Gasteiger charge is -2.05. The largest absolute Gasteiger partial charge is 0.468 e. The van der Waals surface area contributed by atoms with Crippen LogP contribution in [-0.4, -0.2) is 50.1 Å². The fourth-order valence-corrected chi connectivity index (χ4v) is 1.93. The summed E-state index contributed by atoms with van der Waals surface area (Å²) in [5, 5.41) is 5.92.